The first-order valence-corrected chi connectivity index (χ1v) is 6.17. The fraction of sp³-hybridized carbons (Fsp3) is 0.214. The van der Waals surface area contributed by atoms with E-state index in [1.807, 2.05) is 37.5 Å². The van der Waals surface area contributed by atoms with Crippen molar-refractivity contribution in [1.82, 2.24) is 4.98 Å². The molecule has 0 radical (unpaired) electrons. The normalized spacial score (nSPS) is 10.4. The Kier molecular flexibility index (Phi) is 4.18. The highest BCUT2D eigenvalue weighted by molar-refractivity contribution is 6.31. The number of nitrogens with two attached hydrogens (primary N) is 1. The number of rotatable bonds is 4. The monoisotopic (exact) mass is 261 g/mol. The van der Waals surface area contributed by atoms with E-state index in [1.165, 1.54) is 5.56 Å². The van der Waals surface area contributed by atoms with Crippen LogP contribution in [0, 0.1) is 0 Å². The summed E-state index contributed by atoms with van der Waals surface area (Å²) in [5.41, 5.74) is 8.80. The Bertz CT molecular complexity index is 514. The number of hydrogen-bond donors (Lipinski definition) is 1. The van der Waals surface area contributed by atoms with Gasteiger partial charge in [-0.3, -0.25) is 4.98 Å². The third-order valence-electron chi connectivity index (χ3n) is 2.84. The van der Waals surface area contributed by atoms with Gasteiger partial charge in [-0.2, -0.15) is 0 Å². The van der Waals surface area contributed by atoms with E-state index in [0.717, 1.165) is 17.8 Å². The third kappa shape index (κ3) is 3.00. The van der Waals surface area contributed by atoms with Crippen molar-refractivity contribution in [3.63, 3.8) is 0 Å². The lowest BCUT2D eigenvalue weighted by molar-refractivity contribution is 0.914. The van der Waals surface area contributed by atoms with Crippen LogP contribution in [0.2, 0.25) is 5.02 Å². The summed E-state index contributed by atoms with van der Waals surface area (Å²) in [6.45, 7) is 1.26. The Labute approximate surface area is 112 Å². The topological polar surface area (TPSA) is 42.2 Å². The zero-order valence-electron chi connectivity index (χ0n) is 10.3. The van der Waals surface area contributed by atoms with E-state index in [4.69, 9.17) is 17.3 Å². The zero-order valence-corrected chi connectivity index (χ0v) is 11.1. The lowest BCUT2D eigenvalue weighted by Gasteiger charge is -2.20. The highest BCUT2D eigenvalue weighted by Crippen LogP contribution is 2.23. The molecule has 18 heavy (non-hydrogen) atoms. The van der Waals surface area contributed by atoms with Gasteiger partial charge in [0.25, 0.3) is 0 Å². The Morgan fingerprint density at radius 2 is 2.17 bits per heavy atom. The van der Waals surface area contributed by atoms with Crippen molar-refractivity contribution >= 4 is 17.3 Å². The van der Waals surface area contributed by atoms with Crippen molar-refractivity contribution in [3.8, 4) is 0 Å². The standard InChI is InChI=1S/C14H16ClN3/c1-18(10-11-3-2-6-17-9-11)13-5-4-12(8-16)14(15)7-13/h2-7,9H,8,10,16H2,1H3. The number of halogens is 1. The van der Waals surface area contributed by atoms with Crippen LogP contribution < -0.4 is 10.6 Å². The summed E-state index contributed by atoms with van der Waals surface area (Å²) < 4.78 is 0. The molecule has 0 bridgehead atoms. The van der Waals surface area contributed by atoms with Gasteiger partial charge in [0, 0.05) is 43.2 Å². The number of aromatic nitrogens is 1. The second kappa shape index (κ2) is 5.85. The van der Waals surface area contributed by atoms with Crippen LogP contribution in [0.5, 0.6) is 0 Å². The van der Waals surface area contributed by atoms with Crippen LogP contribution in [-0.2, 0) is 13.1 Å². The summed E-state index contributed by atoms with van der Waals surface area (Å²) in [6.07, 6.45) is 3.64. The van der Waals surface area contributed by atoms with Gasteiger partial charge in [-0.1, -0.05) is 23.7 Å². The van der Waals surface area contributed by atoms with Crippen molar-refractivity contribution in [1.29, 1.82) is 0 Å². The minimum Gasteiger partial charge on any atom is -0.370 e. The van der Waals surface area contributed by atoms with Crippen molar-refractivity contribution in [2.75, 3.05) is 11.9 Å². The highest BCUT2D eigenvalue weighted by Gasteiger charge is 2.05. The highest BCUT2D eigenvalue weighted by atomic mass is 35.5. The smallest absolute Gasteiger partial charge is 0.0471 e. The van der Waals surface area contributed by atoms with Gasteiger partial charge >= 0.3 is 0 Å². The second-order valence-electron chi connectivity index (χ2n) is 4.20. The van der Waals surface area contributed by atoms with Gasteiger partial charge in [-0.15, -0.1) is 0 Å². The van der Waals surface area contributed by atoms with Crippen molar-refractivity contribution in [2.24, 2.45) is 5.73 Å². The van der Waals surface area contributed by atoms with Crippen molar-refractivity contribution in [3.05, 3.63) is 58.9 Å². The summed E-state index contributed by atoms with van der Waals surface area (Å²) >= 11 is 6.16. The van der Waals surface area contributed by atoms with Gasteiger partial charge in [0.05, 0.1) is 0 Å². The Balaban J connectivity index is 2.14. The van der Waals surface area contributed by atoms with Crippen molar-refractivity contribution < 1.29 is 0 Å². The molecule has 4 heteroatoms. The molecule has 0 saturated carbocycles. The minimum absolute atomic E-state index is 0.464. The molecule has 0 aliphatic rings. The number of benzene rings is 1. The molecule has 0 fully saturated rings. The summed E-state index contributed by atoms with van der Waals surface area (Å²) in [7, 11) is 2.03. The molecule has 2 rings (SSSR count). The summed E-state index contributed by atoms with van der Waals surface area (Å²) in [5.74, 6) is 0. The van der Waals surface area contributed by atoms with Crippen LogP contribution in [-0.4, -0.2) is 12.0 Å². The van der Waals surface area contributed by atoms with E-state index < -0.39 is 0 Å². The average molecular weight is 262 g/mol. The summed E-state index contributed by atoms with van der Waals surface area (Å²) in [5, 5.41) is 0.716. The molecule has 2 aromatic rings. The zero-order chi connectivity index (χ0) is 13.0. The molecule has 1 aromatic heterocycles. The minimum atomic E-state index is 0.464. The van der Waals surface area contributed by atoms with Gasteiger partial charge in [0.15, 0.2) is 0 Å². The molecular weight excluding hydrogens is 246 g/mol. The summed E-state index contributed by atoms with van der Waals surface area (Å²) in [6, 6.07) is 9.94. The molecule has 0 atom stereocenters. The fourth-order valence-corrected chi connectivity index (χ4v) is 2.05. The van der Waals surface area contributed by atoms with Crippen LogP contribution in [0.3, 0.4) is 0 Å². The maximum absolute atomic E-state index is 6.16. The first-order valence-electron chi connectivity index (χ1n) is 5.79. The maximum atomic E-state index is 6.16. The summed E-state index contributed by atoms with van der Waals surface area (Å²) in [4.78, 5) is 6.24. The van der Waals surface area contributed by atoms with Crippen molar-refractivity contribution in [2.45, 2.75) is 13.1 Å². The van der Waals surface area contributed by atoms with Gasteiger partial charge < -0.3 is 10.6 Å². The molecule has 0 spiro atoms. The van der Waals surface area contributed by atoms with E-state index in [9.17, 15) is 0 Å². The number of anilines is 1. The molecule has 2 N–H and O–H groups in total. The van der Waals surface area contributed by atoms with Crippen LogP contribution in [0.1, 0.15) is 11.1 Å². The van der Waals surface area contributed by atoms with Gasteiger partial charge in [0.2, 0.25) is 0 Å². The Morgan fingerprint density at radius 3 is 2.78 bits per heavy atom. The van der Waals surface area contributed by atoms with Gasteiger partial charge in [-0.25, -0.2) is 0 Å². The molecule has 0 aliphatic carbocycles. The number of nitrogens with zero attached hydrogens (tertiary/aromatic N) is 2. The molecular formula is C14H16ClN3. The molecule has 0 saturated heterocycles. The average Bonchev–Trinajstić information content (AvgIpc) is 2.39. The number of hydrogen-bond acceptors (Lipinski definition) is 3. The van der Waals surface area contributed by atoms with E-state index >= 15 is 0 Å². The van der Waals surface area contributed by atoms with Crippen LogP contribution in [0.4, 0.5) is 5.69 Å². The van der Waals surface area contributed by atoms with E-state index in [2.05, 4.69) is 16.0 Å². The largest absolute Gasteiger partial charge is 0.370 e. The molecule has 1 heterocycles. The van der Waals surface area contributed by atoms with E-state index in [1.54, 1.807) is 6.20 Å². The molecule has 0 unspecified atom stereocenters. The fourth-order valence-electron chi connectivity index (χ4n) is 1.80. The molecule has 0 aliphatic heterocycles. The third-order valence-corrected chi connectivity index (χ3v) is 3.19. The quantitative estimate of drug-likeness (QED) is 0.920. The maximum Gasteiger partial charge on any atom is 0.0471 e. The van der Waals surface area contributed by atoms with Crippen LogP contribution >= 0.6 is 11.6 Å². The second-order valence-corrected chi connectivity index (χ2v) is 4.60. The van der Waals surface area contributed by atoms with E-state index in [-0.39, 0.29) is 0 Å². The lowest BCUT2D eigenvalue weighted by Crippen LogP contribution is -2.16. The predicted octanol–water partition coefficient (Wildman–Crippen LogP) is 2.83. The molecule has 3 nitrogen and oxygen atoms in total. The predicted molar refractivity (Wildman–Crippen MR) is 75.7 cm³/mol. The number of pyridine rings is 1. The first kappa shape index (κ1) is 12.9. The van der Waals surface area contributed by atoms with Gasteiger partial charge in [0.1, 0.15) is 0 Å². The first-order chi connectivity index (χ1) is 8.70. The van der Waals surface area contributed by atoms with E-state index in [0.29, 0.717) is 11.6 Å². The SMILES string of the molecule is CN(Cc1cccnc1)c1ccc(CN)c(Cl)c1. The lowest BCUT2D eigenvalue weighted by atomic mass is 10.2. The molecule has 0 amide bonds. The van der Waals surface area contributed by atoms with Crippen LogP contribution in [0.25, 0.3) is 0 Å². The molecule has 1 aromatic carbocycles. The molecule has 94 valence electrons. The van der Waals surface area contributed by atoms with Gasteiger partial charge in [-0.05, 0) is 29.3 Å². The Morgan fingerprint density at radius 1 is 1.33 bits per heavy atom. The van der Waals surface area contributed by atoms with Crippen LogP contribution in [0.15, 0.2) is 42.7 Å². The Hall–Kier alpha value is -1.58.